The first kappa shape index (κ1) is 27.6. The van der Waals surface area contributed by atoms with E-state index in [1.807, 2.05) is 18.2 Å². The van der Waals surface area contributed by atoms with E-state index in [4.69, 9.17) is 19.3 Å². The van der Waals surface area contributed by atoms with Crippen molar-refractivity contribution in [1.29, 1.82) is 0 Å². The summed E-state index contributed by atoms with van der Waals surface area (Å²) in [4.78, 5) is 35.0. The number of hydrogen-bond donors (Lipinski definition) is 4. The number of ether oxygens (including phenoxy) is 3. The molecule has 0 saturated carbocycles. The number of amides is 2. The maximum Gasteiger partial charge on any atom is 0.409 e. The summed E-state index contributed by atoms with van der Waals surface area (Å²) in [6, 6.07) is 17.3. The summed E-state index contributed by atoms with van der Waals surface area (Å²) in [6.45, 7) is 4.42. The van der Waals surface area contributed by atoms with Crippen LogP contribution in [0.25, 0.3) is 10.8 Å². The lowest BCUT2D eigenvalue weighted by Crippen LogP contribution is -2.41. The SMILES string of the molecule is COc1ccc(C(=O)NCCN2CCOCC2)cc1Nc1nccc(Oc2ccc(NC(=O)O)c3ccccc23)n1. The van der Waals surface area contributed by atoms with Gasteiger partial charge < -0.3 is 30.0 Å². The van der Waals surface area contributed by atoms with Crippen LogP contribution < -0.4 is 25.4 Å². The number of nitrogens with zero attached hydrogens (tertiary/aromatic N) is 3. The Bertz CT molecular complexity index is 1540. The predicted octanol–water partition coefficient (Wildman–Crippen LogP) is 4.33. The van der Waals surface area contributed by atoms with E-state index in [-0.39, 0.29) is 17.7 Å². The fourth-order valence-corrected chi connectivity index (χ4v) is 4.48. The van der Waals surface area contributed by atoms with Crippen molar-refractivity contribution in [2.75, 3.05) is 57.1 Å². The molecule has 0 unspecified atom stereocenters. The van der Waals surface area contributed by atoms with E-state index in [0.29, 0.717) is 59.0 Å². The molecule has 1 saturated heterocycles. The maximum atomic E-state index is 12.8. The van der Waals surface area contributed by atoms with Gasteiger partial charge in [-0.25, -0.2) is 9.78 Å². The molecule has 0 aliphatic carbocycles. The van der Waals surface area contributed by atoms with E-state index in [9.17, 15) is 9.59 Å². The van der Waals surface area contributed by atoms with Crippen molar-refractivity contribution in [3.8, 4) is 17.4 Å². The van der Waals surface area contributed by atoms with Crippen molar-refractivity contribution in [1.82, 2.24) is 20.2 Å². The molecule has 0 spiro atoms. The molecule has 12 heteroatoms. The maximum absolute atomic E-state index is 12.8. The summed E-state index contributed by atoms with van der Waals surface area (Å²) in [6.07, 6.45) is 0.391. The van der Waals surface area contributed by atoms with E-state index in [1.54, 1.807) is 48.7 Å². The molecule has 0 atom stereocenters. The van der Waals surface area contributed by atoms with Crippen molar-refractivity contribution in [2.24, 2.45) is 0 Å². The van der Waals surface area contributed by atoms with Crippen LogP contribution in [0.15, 0.2) is 66.9 Å². The van der Waals surface area contributed by atoms with Crippen molar-refractivity contribution in [3.63, 3.8) is 0 Å². The molecular weight excluding hydrogens is 528 g/mol. The molecule has 212 valence electrons. The van der Waals surface area contributed by atoms with E-state index < -0.39 is 6.09 Å². The second-order valence-electron chi connectivity index (χ2n) is 9.16. The van der Waals surface area contributed by atoms with Crippen LogP contribution in [-0.4, -0.2) is 78.5 Å². The second-order valence-corrected chi connectivity index (χ2v) is 9.16. The van der Waals surface area contributed by atoms with E-state index in [2.05, 4.69) is 30.8 Å². The minimum Gasteiger partial charge on any atom is -0.495 e. The predicted molar refractivity (Wildman–Crippen MR) is 154 cm³/mol. The number of benzene rings is 3. The number of fused-ring (bicyclic) bond motifs is 1. The average molecular weight is 559 g/mol. The van der Waals surface area contributed by atoms with Crippen LogP contribution in [0.1, 0.15) is 10.4 Å². The van der Waals surface area contributed by atoms with Gasteiger partial charge in [0.1, 0.15) is 11.5 Å². The zero-order valence-electron chi connectivity index (χ0n) is 22.4. The number of rotatable bonds is 10. The van der Waals surface area contributed by atoms with Crippen molar-refractivity contribution in [2.45, 2.75) is 0 Å². The lowest BCUT2D eigenvalue weighted by atomic mass is 10.1. The fourth-order valence-electron chi connectivity index (χ4n) is 4.48. The molecule has 1 aliphatic rings. The molecule has 4 N–H and O–H groups in total. The highest BCUT2D eigenvalue weighted by Gasteiger charge is 2.15. The van der Waals surface area contributed by atoms with Crippen LogP contribution >= 0.6 is 0 Å². The highest BCUT2D eigenvalue weighted by molar-refractivity contribution is 6.02. The summed E-state index contributed by atoms with van der Waals surface area (Å²) in [5.41, 5.74) is 1.42. The molecule has 1 fully saturated rings. The summed E-state index contributed by atoms with van der Waals surface area (Å²) >= 11 is 0. The standard InChI is InChI=1S/C29H30N6O6/c1-39-25-8-6-19(27(36)30-12-13-35-14-16-40-17-15-35)18-23(25)32-28-31-11-10-26(34-28)41-24-9-7-22(33-29(37)38)20-4-2-3-5-21(20)24/h2-11,18,33H,12-17H2,1H3,(H,30,36)(H,37,38)(H,31,32,34). The Morgan fingerprint density at radius 2 is 1.78 bits per heavy atom. The molecule has 1 aromatic heterocycles. The van der Waals surface area contributed by atoms with Gasteiger partial charge in [-0.05, 0) is 30.3 Å². The molecule has 3 aromatic carbocycles. The molecule has 0 radical (unpaired) electrons. The van der Waals surface area contributed by atoms with Gasteiger partial charge in [-0.15, -0.1) is 0 Å². The van der Waals surface area contributed by atoms with Crippen LogP contribution in [0.4, 0.5) is 22.1 Å². The lowest BCUT2D eigenvalue weighted by molar-refractivity contribution is 0.0383. The summed E-state index contributed by atoms with van der Waals surface area (Å²) in [5, 5.41) is 19.0. The fraction of sp³-hybridized carbons (Fsp3) is 0.241. The van der Waals surface area contributed by atoms with Gasteiger partial charge in [0.15, 0.2) is 0 Å². The third-order valence-corrected chi connectivity index (χ3v) is 6.50. The van der Waals surface area contributed by atoms with Gasteiger partial charge in [-0.2, -0.15) is 4.98 Å². The first-order valence-electron chi connectivity index (χ1n) is 13.1. The number of carboxylic acid groups (broad SMARTS) is 1. The molecule has 4 aromatic rings. The van der Waals surface area contributed by atoms with Crippen LogP contribution in [0.5, 0.6) is 17.4 Å². The van der Waals surface area contributed by atoms with Gasteiger partial charge in [0.2, 0.25) is 11.8 Å². The third kappa shape index (κ3) is 6.99. The van der Waals surface area contributed by atoms with E-state index >= 15 is 0 Å². The third-order valence-electron chi connectivity index (χ3n) is 6.50. The van der Waals surface area contributed by atoms with Gasteiger partial charge in [-0.1, -0.05) is 24.3 Å². The van der Waals surface area contributed by atoms with Gasteiger partial charge in [0.05, 0.1) is 31.7 Å². The van der Waals surface area contributed by atoms with Crippen LogP contribution in [0.3, 0.4) is 0 Å². The molecule has 0 bridgehead atoms. The summed E-state index contributed by atoms with van der Waals surface area (Å²) in [5.74, 6) is 1.31. The van der Waals surface area contributed by atoms with E-state index in [1.165, 1.54) is 7.11 Å². The topological polar surface area (TPSA) is 147 Å². The van der Waals surface area contributed by atoms with Crippen LogP contribution in [0, 0.1) is 0 Å². The highest BCUT2D eigenvalue weighted by atomic mass is 16.5. The van der Waals surface area contributed by atoms with Crippen molar-refractivity contribution >= 4 is 40.1 Å². The number of morpholine rings is 1. The number of carbonyl (C=O) groups is 2. The van der Waals surface area contributed by atoms with Gasteiger partial charge >= 0.3 is 6.09 Å². The summed E-state index contributed by atoms with van der Waals surface area (Å²) < 4.78 is 16.9. The normalized spacial score (nSPS) is 13.4. The largest absolute Gasteiger partial charge is 0.495 e. The van der Waals surface area contributed by atoms with Crippen LogP contribution in [-0.2, 0) is 4.74 Å². The summed E-state index contributed by atoms with van der Waals surface area (Å²) in [7, 11) is 1.54. The van der Waals surface area contributed by atoms with Gasteiger partial charge in [0.25, 0.3) is 5.91 Å². The Morgan fingerprint density at radius 3 is 2.56 bits per heavy atom. The first-order chi connectivity index (χ1) is 20.0. The minimum atomic E-state index is -1.15. The molecule has 12 nitrogen and oxygen atoms in total. The Labute approximate surface area is 236 Å². The zero-order chi connectivity index (χ0) is 28.6. The smallest absolute Gasteiger partial charge is 0.409 e. The molecule has 2 amide bonds. The van der Waals surface area contributed by atoms with Crippen LogP contribution in [0.2, 0.25) is 0 Å². The molecule has 41 heavy (non-hydrogen) atoms. The first-order valence-corrected chi connectivity index (χ1v) is 13.1. The molecular formula is C29H30N6O6. The molecule has 2 heterocycles. The second kappa shape index (κ2) is 12.9. The number of anilines is 3. The lowest BCUT2D eigenvalue weighted by Gasteiger charge is -2.26. The zero-order valence-corrected chi connectivity index (χ0v) is 22.4. The molecule has 1 aliphatic heterocycles. The quantitative estimate of drug-likeness (QED) is 0.222. The Balaban J connectivity index is 1.30. The van der Waals surface area contributed by atoms with E-state index in [0.717, 1.165) is 19.6 Å². The molecule has 5 rings (SSSR count). The number of carbonyl (C=O) groups excluding carboxylic acids is 1. The Kier molecular flexibility index (Phi) is 8.72. The number of aromatic nitrogens is 2. The highest BCUT2D eigenvalue weighted by Crippen LogP contribution is 2.34. The van der Waals surface area contributed by atoms with Gasteiger partial charge in [0, 0.05) is 54.8 Å². The Morgan fingerprint density at radius 1 is 1.00 bits per heavy atom. The number of nitrogens with one attached hydrogen (secondary N) is 3. The Hall–Kier alpha value is -4.94. The van der Waals surface area contributed by atoms with Gasteiger partial charge in [-0.3, -0.25) is 15.0 Å². The monoisotopic (exact) mass is 558 g/mol. The average Bonchev–Trinajstić information content (AvgIpc) is 2.99. The number of methoxy groups -OCH3 is 1. The minimum absolute atomic E-state index is 0.199. The van der Waals surface area contributed by atoms with Crippen molar-refractivity contribution < 1.29 is 28.9 Å². The number of hydrogen-bond acceptors (Lipinski definition) is 9. The van der Waals surface area contributed by atoms with Crippen molar-refractivity contribution in [3.05, 3.63) is 72.4 Å².